The Morgan fingerprint density at radius 2 is 1.81 bits per heavy atom. The van der Waals surface area contributed by atoms with Crippen LogP contribution in [0.3, 0.4) is 0 Å². The van der Waals surface area contributed by atoms with Gasteiger partial charge in [0.05, 0.1) is 5.25 Å². The summed E-state index contributed by atoms with van der Waals surface area (Å²) in [4.78, 5) is 26.9. The van der Waals surface area contributed by atoms with E-state index in [1.54, 1.807) is 31.2 Å². The van der Waals surface area contributed by atoms with E-state index in [9.17, 15) is 9.59 Å². The maximum absolute atomic E-state index is 12.0. The summed E-state index contributed by atoms with van der Waals surface area (Å²) in [5.41, 5.74) is 1.35. The molecular weight excluding hydrogens is 290 g/mol. The van der Waals surface area contributed by atoms with Crippen molar-refractivity contribution in [2.75, 3.05) is 10.6 Å². The number of thioether (sulfide) groups is 1. The highest BCUT2D eigenvalue weighted by atomic mass is 32.2. The van der Waals surface area contributed by atoms with E-state index in [1.165, 1.54) is 25.0 Å². The molecule has 110 valence electrons. The van der Waals surface area contributed by atoms with E-state index in [2.05, 4.69) is 25.8 Å². The van der Waals surface area contributed by atoms with Crippen molar-refractivity contribution in [2.24, 2.45) is 0 Å². The number of nitrogens with one attached hydrogen (secondary N) is 3. The lowest BCUT2D eigenvalue weighted by Crippen LogP contribution is -2.22. The molecule has 0 aliphatic rings. The van der Waals surface area contributed by atoms with Crippen molar-refractivity contribution in [3.05, 3.63) is 30.6 Å². The highest BCUT2D eigenvalue weighted by molar-refractivity contribution is 8.00. The minimum atomic E-state index is -0.312. The summed E-state index contributed by atoms with van der Waals surface area (Å²) in [5.74, 6) is -0.271. The number of nitrogens with zero attached hydrogens (tertiary/aromatic N) is 2. The summed E-state index contributed by atoms with van der Waals surface area (Å²) in [6, 6.07) is 6.92. The zero-order chi connectivity index (χ0) is 15.2. The topological polar surface area (TPSA) is 99.8 Å². The van der Waals surface area contributed by atoms with Gasteiger partial charge in [0.25, 0.3) is 0 Å². The van der Waals surface area contributed by atoms with Crippen LogP contribution in [0.5, 0.6) is 0 Å². The molecule has 2 aromatic rings. The second-order valence-electron chi connectivity index (χ2n) is 4.30. The first-order valence-corrected chi connectivity index (χ1v) is 7.13. The Bertz CT molecular complexity index is 612. The Morgan fingerprint density at radius 1 is 1.19 bits per heavy atom. The van der Waals surface area contributed by atoms with Gasteiger partial charge in [0, 0.05) is 18.3 Å². The largest absolute Gasteiger partial charge is 0.326 e. The lowest BCUT2D eigenvalue weighted by Gasteiger charge is -2.11. The first-order chi connectivity index (χ1) is 10.0. The van der Waals surface area contributed by atoms with E-state index < -0.39 is 0 Å². The summed E-state index contributed by atoms with van der Waals surface area (Å²) < 4.78 is 0. The monoisotopic (exact) mass is 305 g/mol. The molecule has 1 aromatic carbocycles. The minimum Gasteiger partial charge on any atom is -0.326 e. The Kier molecular flexibility index (Phi) is 4.94. The Balaban J connectivity index is 1.91. The number of amides is 2. The number of H-pyrrole nitrogens is 1. The molecule has 0 saturated carbocycles. The van der Waals surface area contributed by atoms with Gasteiger partial charge in [0.15, 0.2) is 5.16 Å². The van der Waals surface area contributed by atoms with Crippen molar-refractivity contribution >= 4 is 35.0 Å². The van der Waals surface area contributed by atoms with Gasteiger partial charge in [-0.05, 0) is 31.2 Å². The first kappa shape index (κ1) is 15.0. The van der Waals surface area contributed by atoms with Gasteiger partial charge in [-0.25, -0.2) is 4.98 Å². The minimum absolute atomic E-state index is 0.135. The molecule has 0 radical (unpaired) electrons. The summed E-state index contributed by atoms with van der Waals surface area (Å²) in [7, 11) is 0. The zero-order valence-electron chi connectivity index (χ0n) is 11.6. The van der Waals surface area contributed by atoms with Crippen molar-refractivity contribution in [2.45, 2.75) is 24.3 Å². The molecule has 21 heavy (non-hydrogen) atoms. The number of aromatic amines is 1. The molecule has 0 aliphatic carbocycles. The number of carbonyl (C=O) groups is 2. The van der Waals surface area contributed by atoms with E-state index in [0.717, 1.165) is 0 Å². The number of hydrogen-bond donors (Lipinski definition) is 3. The zero-order valence-corrected chi connectivity index (χ0v) is 12.4. The van der Waals surface area contributed by atoms with Gasteiger partial charge < -0.3 is 10.6 Å². The van der Waals surface area contributed by atoms with Gasteiger partial charge in [-0.1, -0.05) is 11.8 Å². The third-order valence-electron chi connectivity index (χ3n) is 2.52. The molecule has 0 aliphatic heterocycles. The molecule has 0 fully saturated rings. The van der Waals surface area contributed by atoms with Crippen LogP contribution in [-0.4, -0.2) is 32.2 Å². The lowest BCUT2D eigenvalue weighted by atomic mass is 10.2. The van der Waals surface area contributed by atoms with Crippen LogP contribution in [0, 0.1) is 0 Å². The fourth-order valence-corrected chi connectivity index (χ4v) is 2.27. The van der Waals surface area contributed by atoms with Crippen molar-refractivity contribution in [3.63, 3.8) is 0 Å². The Morgan fingerprint density at radius 3 is 2.33 bits per heavy atom. The summed E-state index contributed by atoms with van der Waals surface area (Å²) in [6.07, 6.45) is 1.40. The van der Waals surface area contributed by atoms with Crippen LogP contribution in [-0.2, 0) is 9.59 Å². The van der Waals surface area contributed by atoms with Gasteiger partial charge in [-0.2, -0.15) is 5.10 Å². The molecule has 8 heteroatoms. The molecule has 0 unspecified atom stereocenters. The van der Waals surface area contributed by atoms with Gasteiger partial charge in [0.1, 0.15) is 6.33 Å². The van der Waals surface area contributed by atoms with Crippen LogP contribution in [0.15, 0.2) is 35.7 Å². The van der Waals surface area contributed by atoms with E-state index in [1.807, 2.05) is 0 Å². The third-order valence-corrected chi connectivity index (χ3v) is 3.51. The molecule has 1 heterocycles. The van der Waals surface area contributed by atoms with Crippen LogP contribution in [0.25, 0.3) is 0 Å². The van der Waals surface area contributed by atoms with Crippen molar-refractivity contribution in [1.82, 2.24) is 15.2 Å². The molecule has 1 aromatic heterocycles. The number of aromatic nitrogens is 3. The summed E-state index contributed by atoms with van der Waals surface area (Å²) in [6.45, 7) is 3.23. The second-order valence-corrected chi connectivity index (χ2v) is 5.63. The number of anilines is 2. The summed E-state index contributed by atoms with van der Waals surface area (Å²) in [5, 5.41) is 12.2. The molecule has 2 amide bonds. The molecule has 0 bridgehead atoms. The first-order valence-electron chi connectivity index (χ1n) is 6.25. The van der Waals surface area contributed by atoms with Crippen molar-refractivity contribution in [3.8, 4) is 0 Å². The van der Waals surface area contributed by atoms with Crippen LogP contribution < -0.4 is 10.6 Å². The van der Waals surface area contributed by atoms with Gasteiger partial charge >= 0.3 is 0 Å². The quantitative estimate of drug-likeness (QED) is 0.732. The molecule has 1 atom stereocenters. The fourth-order valence-electron chi connectivity index (χ4n) is 1.56. The van der Waals surface area contributed by atoms with Gasteiger partial charge in [-0.3, -0.25) is 14.7 Å². The molecule has 7 nitrogen and oxygen atoms in total. The SMILES string of the molecule is CC(=O)Nc1ccc(NC(=O)[C@H](C)Sc2ncn[nH]2)cc1. The number of benzene rings is 1. The van der Waals surface area contributed by atoms with Crippen LogP contribution >= 0.6 is 11.8 Å². The van der Waals surface area contributed by atoms with E-state index in [4.69, 9.17) is 0 Å². The molecule has 0 saturated heterocycles. The summed E-state index contributed by atoms with van der Waals surface area (Å²) >= 11 is 1.29. The number of rotatable bonds is 5. The number of hydrogen-bond acceptors (Lipinski definition) is 5. The highest BCUT2D eigenvalue weighted by Gasteiger charge is 2.15. The Hall–Kier alpha value is -2.35. The maximum atomic E-state index is 12.0. The molecule has 2 rings (SSSR count). The Labute approximate surface area is 125 Å². The molecular formula is C13H15N5O2S. The third kappa shape index (κ3) is 4.60. The van der Waals surface area contributed by atoms with Gasteiger partial charge in [0.2, 0.25) is 11.8 Å². The molecule has 3 N–H and O–H groups in total. The van der Waals surface area contributed by atoms with Crippen molar-refractivity contribution in [1.29, 1.82) is 0 Å². The normalized spacial score (nSPS) is 11.7. The second kappa shape index (κ2) is 6.89. The molecule has 0 spiro atoms. The standard InChI is InChI=1S/C13H15N5O2S/c1-8(21-13-14-7-15-18-13)12(20)17-11-5-3-10(4-6-11)16-9(2)19/h3-8H,1-2H3,(H,16,19)(H,17,20)(H,14,15,18)/t8-/m0/s1. The van der Waals surface area contributed by atoms with Gasteiger partial charge in [-0.15, -0.1) is 0 Å². The van der Waals surface area contributed by atoms with Crippen LogP contribution in [0.1, 0.15) is 13.8 Å². The number of carbonyl (C=O) groups excluding carboxylic acids is 2. The van der Waals surface area contributed by atoms with E-state index in [0.29, 0.717) is 16.5 Å². The fraction of sp³-hybridized carbons (Fsp3) is 0.231. The van der Waals surface area contributed by atoms with Crippen LogP contribution in [0.4, 0.5) is 11.4 Å². The average molecular weight is 305 g/mol. The highest BCUT2D eigenvalue weighted by Crippen LogP contribution is 2.20. The van der Waals surface area contributed by atoms with Crippen LogP contribution in [0.2, 0.25) is 0 Å². The smallest absolute Gasteiger partial charge is 0.237 e. The average Bonchev–Trinajstić information content (AvgIpc) is 2.93. The predicted octanol–water partition coefficient (Wildman–Crippen LogP) is 1.88. The van der Waals surface area contributed by atoms with Crippen molar-refractivity contribution < 1.29 is 9.59 Å². The predicted molar refractivity (Wildman–Crippen MR) is 81.1 cm³/mol. The van der Waals surface area contributed by atoms with E-state index >= 15 is 0 Å². The lowest BCUT2D eigenvalue weighted by molar-refractivity contribution is -0.115. The maximum Gasteiger partial charge on any atom is 0.237 e. The van der Waals surface area contributed by atoms with E-state index in [-0.39, 0.29) is 17.1 Å².